The first-order chi connectivity index (χ1) is 12.6. The molecule has 2 aromatic rings. The number of aliphatic hydroxyl groups is 2. The van der Waals surface area contributed by atoms with Crippen LogP contribution in [0.15, 0.2) is 36.8 Å². The zero-order chi connectivity index (χ0) is 17.5. The van der Waals surface area contributed by atoms with Crippen molar-refractivity contribution < 1.29 is 10.2 Å². The lowest BCUT2D eigenvalue weighted by molar-refractivity contribution is -0.174. The van der Waals surface area contributed by atoms with E-state index in [2.05, 4.69) is 33.8 Å². The molecule has 4 bridgehead atoms. The Morgan fingerprint density at radius 3 is 2.69 bits per heavy atom. The van der Waals surface area contributed by atoms with Crippen LogP contribution >= 0.6 is 0 Å². The third-order valence-corrected chi connectivity index (χ3v) is 7.82. The van der Waals surface area contributed by atoms with E-state index >= 15 is 0 Å². The third kappa shape index (κ3) is 2.06. The molecule has 4 saturated carbocycles. The van der Waals surface area contributed by atoms with Crippen molar-refractivity contribution in [3.05, 3.63) is 42.4 Å². The van der Waals surface area contributed by atoms with Gasteiger partial charge in [0.1, 0.15) is 0 Å². The Labute approximate surface area is 153 Å². The molecule has 1 aromatic carbocycles. The van der Waals surface area contributed by atoms with E-state index in [4.69, 9.17) is 0 Å². The first-order valence-corrected chi connectivity index (χ1v) is 10.1. The van der Waals surface area contributed by atoms with Gasteiger partial charge in [-0.05, 0) is 67.8 Å². The lowest BCUT2D eigenvalue weighted by Gasteiger charge is -2.59. The van der Waals surface area contributed by atoms with Crippen LogP contribution in [0.4, 0.5) is 0 Å². The summed E-state index contributed by atoms with van der Waals surface area (Å²) in [7, 11) is 0. The summed E-state index contributed by atoms with van der Waals surface area (Å²) in [5.41, 5.74) is 3.30. The van der Waals surface area contributed by atoms with E-state index < -0.39 is 5.60 Å². The van der Waals surface area contributed by atoms with Crippen LogP contribution < -0.4 is 0 Å². The van der Waals surface area contributed by atoms with Gasteiger partial charge in [0.2, 0.25) is 0 Å². The smallest absolute Gasteiger partial charge is 0.0956 e. The zero-order valence-corrected chi connectivity index (χ0v) is 15.0. The number of aromatic nitrogens is 2. The van der Waals surface area contributed by atoms with Crippen molar-refractivity contribution in [2.24, 2.45) is 23.7 Å². The Balaban J connectivity index is 1.30. The molecule has 4 heteroatoms. The van der Waals surface area contributed by atoms with Crippen LogP contribution in [0, 0.1) is 23.7 Å². The van der Waals surface area contributed by atoms with Gasteiger partial charge >= 0.3 is 0 Å². The highest BCUT2D eigenvalue weighted by Gasteiger charge is 2.56. The molecule has 0 saturated heterocycles. The lowest BCUT2D eigenvalue weighted by Crippen LogP contribution is -2.57. The van der Waals surface area contributed by atoms with Crippen LogP contribution in [0.25, 0.3) is 11.3 Å². The quantitative estimate of drug-likeness (QED) is 0.892. The Kier molecular flexibility index (Phi) is 3.08. The molecule has 4 aliphatic carbocycles. The topological polar surface area (TPSA) is 58.3 Å². The minimum absolute atomic E-state index is 0.180. The predicted molar refractivity (Wildman–Crippen MR) is 98.4 cm³/mol. The van der Waals surface area contributed by atoms with Crippen molar-refractivity contribution in [1.82, 2.24) is 9.55 Å². The molecular formula is C22H26N2O2. The molecular weight excluding hydrogens is 324 g/mol. The Morgan fingerprint density at radius 1 is 1.15 bits per heavy atom. The summed E-state index contributed by atoms with van der Waals surface area (Å²) in [6.07, 6.45) is 9.50. The first-order valence-electron chi connectivity index (χ1n) is 10.1. The predicted octanol–water partition coefficient (Wildman–Crippen LogP) is 3.39. The Morgan fingerprint density at radius 2 is 1.92 bits per heavy atom. The molecule has 2 heterocycles. The minimum Gasteiger partial charge on any atom is -0.393 e. The van der Waals surface area contributed by atoms with Gasteiger partial charge in [0.25, 0.3) is 0 Å². The maximum absolute atomic E-state index is 11.3. The maximum Gasteiger partial charge on any atom is 0.0956 e. The number of aliphatic hydroxyl groups excluding tert-OH is 1. The molecule has 1 aromatic heterocycles. The van der Waals surface area contributed by atoms with Crippen molar-refractivity contribution in [2.45, 2.75) is 56.3 Å². The summed E-state index contributed by atoms with van der Waals surface area (Å²) in [4.78, 5) is 4.34. The molecule has 0 amide bonds. The van der Waals surface area contributed by atoms with Crippen molar-refractivity contribution in [1.29, 1.82) is 0 Å². The summed E-state index contributed by atoms with van der Waals surface area (Å²) in [5.74, 6) is 2.04. The molecule has 2 unspecified atom stereocenters. The van der Waals surface area contributed by atoms with Gasteiger partial charge in [0.15, 0.2) is 0 Å². The van der Waals surface area contributed by atoms with Crippen LogP contribution in [0.2, 0.25) is 0 Å². The second-order valence-electron chi connectivity index (χ2n) is 9.36. The van der Waals surface area contributed by atoms with Gasteiger partial charge in [-0.3, -0.25) is 0 Å². The standard InChI is InChI=1S/C22H26N2O2/c25-20(21-14-5-13-6-15(21)10-22(26,8-13)9-14)7-18-16-3-1-2-4-17(16)19-11-23-12-24(18)19/h1-4,11-15,18,20-21,25-26H,5-10H2/t13?,14?,15?,18-,20+,21?,22?/m0/s1. The molecule has 0 spiro atoms. The van der Waals surface area contributed by atoms with E-state index in [1.54, 1.807) is 0 Å². The fraction of sp³-hybridized carbons (Fsp3) is 0.591. The Bertz CT molecular complexity index is 843. The van der Waals surface area contributed by atoms with Gasteiger partial charge in [-0.2, -0.15) is 0 Å². The molecule has 2 N–H and O–H groups in total. The van der Waals surface area contributed by atoms with Gasteiger partial charge in [0, 0.05) is 5.56 Å². The highest BCUT2D eigenvalue weighted by Crippen LogP contribution is 2.59. The average Bonchev–Trinajstić information content (AvgIpc) is 3.16. The van der Waals surface area contributed by atoms with Gasteiger partial charge in [-0.15, -0.1) is 0 Å². The summed E-state index contributed by atoms with van der Waals surface area (Å²) >= 11 is 0. The van der Waals surface area contributed by atoms with Crippen LogP contribution in [0.5, 0.6) is 0 Å². The van der Waals surface area contributed by atoms with Gasteiger partial charge in [-0.1, -0.05) is 24.3 Å². The molecule has 0 radical (unpaired) electrons. The van der Waals surface area contributed by atoms with Gasteiger partial charge in [0.05, 0.1) is 36.0 Å². The number of hydrogen-bond acceptors (Lipinski definition) is 3. The largest absolute Gasteiger partial charge is 0.393 e. The summed E-state index contributed by atoms with van der Waals surface area (Å²) in [6, 6.07) is 8.70. The zero-order valence-electron chi connectivity index (χ0n) is 15.0. The molecule has 136 valence electrons. The second kappa shape index (κ2) is 5.20. The van der Waals surface area contributed by atoms with E-state index in [-0.39, 0.29) is 12.1 Å². The molecule has 7 rings (SSSR count). The fourth-order valence-electron chi connectivity index (χ4n) is 7.21. The molecule has 1 aliphatic heterocycles. The molecule has 4 atom stereocenters. The molecule has 5 aliphatic rings. The summed E-state index contributed by atoms with van der Waals surface area (Å²) in [6.45, 7) is 0. The maximum atomic E-state index is 11.3. The van der Waals surface area contributed by atoms with Crippen molar-refractivity contribution in [3.63, 3.8) is 0 Å². The first kappa shape index (κ1) is 15.4. The van der Waals surface area contributed by atoms with E-state index in [0.29, 0.717) is 23.7 Å². The van der Waals surface area contributed by atoms with E-state index in [1.807, 2.05) is 12.5 Å². The van der Waals surface area contributed by atoms with E-state index in [0.717, 1.165) is 31.4 Å². The molecule has 4 nitrogen and oxygen atoms in total. The minimum atomic E-state index is -0.426. The molecule has 4 fully saturated rings. The molecule has 26 heavy (non-hydrogen) atoms. The monoisotopic (exact) mass is 350 g/mol. The van der Waals surface area contributed by atoms with Crippen molar-refractivity contribution in [2.75, 3.05) is 0 Å². The van der Waals surface area contributed by atoms with Crippen LogP contribution in [0.3, 0.4) is 0 Å². The Hall–Kier alpha value is -1.65. The van der Waals surface area contributed by atoms with Crippen LogP contribution in [0.1, 0.15) is 50.1 Å². The van der Waals surface area contributed by atoms with Crippen molar-refractivity contribution in [3.8, 4) is 11.3 Å². The number of hydrogen-bond donors (Lipinski definition) is 2. The van der Waals surface area contributed by atoms with Gasteiger partial charge in [-0.25, -0.2) is 4.98 Å². The van der Waals surface area contributed by atoms with Crippen LogP contribution in [-0.4, -0.2) is 31.5 Å². The van der Waals surface area contributed by atoms with Gasteiger partial charge < -0.3 is 14.8 Å². The summed E-state index contributed by atoms with van der Waals surface area (Å²) < 4.78 is 2.23. The number of imidazole rings is 1. The van der Waals surface area contributed by atoms with Crippen molar-refractivity contribution >= 4 is 0 Å². The lowest BCUT2D eigenvalue weighted by atomic mass is 9.49. The highest BCUT2D eigenvalue weighted by atomic mass is 16.3. The van der Waals surface area contributed by atoms with E-state index in [1.165, 1.54) is 24.0 Å². The third-order valence-electron chi connectivity index (χ3n) is 7.82. The fourth-order valence-corrected chi connectivity index (χ4v) is 7.21. The normalized spacial score (nSPS) is 40.5. The number of nitrogens with zero attached hydrogens (tertiary/aromatic N) is 2. The SMILES string of the molecule is O[C@H](C[C@H]1c2ccccc2-c2cncn21)C1C2CC3CC1CC(O)(C3)C2. The number of fused-ring (bicyclic) bond motifs is 3. The average molecular weight is 350 g/mol. The highest BCUT2D eigenvalue weighted by molar-refractivity contribution is 5.68. The van der Waals surface area contributed by atoms with Crippen LogP contribution in [-0.2, 0) is 0 Å². The van der Waals surface area contributed by atoms with E-state index in [9.17, 15) is 10.2 Å². The second-order valence-corrected chi connectivity index (χ2v) is 9.36. The summed E-state index contributed by atoms with van der Waals surface area (Å²) in [5, 5.41) is 22.1. The number of benzene rings is 1. The number of rotatable bonds is 3.